The molecule has 0 aliphatic carbocycles. The van der Waals surface area contributed by atoms with Gasteiger partial charge in [-0.15, -0.1) is 0 Å². The number of benzene rings is 1. The number of nitrogen functional groups attached to an aromatic ring is 1. The van der Waals surface area contributed by atoms with Gasteiger partial charge in [-0.25, -0.2) is 0 Å². The van der Waals surface area contributed by atoms with Gasteiger partial charge in [0.15, 0.2) is 0 Å². The average Bonchev–Trinajstić information content (AvgIpc) is 2.55. The first-order valence-electron chi connectivity index (χ1n) is 6.88. The molecule has 1 aliphatic rings. The second kappa shape index (κ2) is 5.51. The molecule has 0 bridgehead atoms. The second-order valence-electron chi connectivity index (χ2n) is 4.88. The van der Waals surface area contributed by atoms with Crippen LogP contribution in [-0.2, 0) is 11.2 Å². The number of anilines is 1. The van der Waals surface area contributed by atoms with E-state index < -0.39 is 0 Å². The topological polar surface area (TPSA) is 55.6 Å². The lowest BCUT2D eigenvalue weighted by Crippen LogP contribution is -2.34. The summed E-state index contributed by atoms with van der Waals surface area (Å²) in [7, 11) is 1.64. The molecule has 1 aliphatic heterocycles. The van der Waals surface area contributed by atoms with Gasteiger partial charge in [0, 0.05) is 18.7 Å². The zero-order valence-electron chi connectivity index (χ0n) is 11.9. The average molecular weight is 262 g/mol. The number of nitrogens with zero attached hydrogens (tertiary/aromatic N) is 1. The van der Waals surface area contributed by atoms with Gasteiger partial charge in [-0.05, 0) is 31.4 Å². The third-order valence-electron chi connectivity index (χ3n) is 3.94. The number of hydrogen-bond donors (Lipinski definition) is 1. The molecule has 4 heteroatoms. The number of amides is 1. The standard InChI is InChI=1S/C15H22N2O2/c1-4-10-11-6-7-13(16)14(19-3)12(11)8-9-17(5-2)15(10)18/h6-7,10H,4-5,8-9,16H2,1-3H3. The fraction of sp³-hybridized carbons (Fsp3) is 0.533. The van der Waals surface area contributed by atoms with Gasteiger partial charge in [0.2, 0.25) is 5.91 Å². The van der Waals surface area contributed by atoms with Crippen molar-refractivity contribution in [3.63, 3.8) is 0 Å². The van der Waals surface area contributed by atoms with Crippen LogP contribution in [0.3, 0.4) is 0 Å². The highest BCUT2D eigenvalue weighted by Gasteiger charge is 2.30. The Morgan fingerprint density at radius 3 is 2.74 bits per heavy atom. The molecule has 0 saturated heterocycles. The monoisotopic (exact) mass is 262 g/mol. The van der Waals surface area contributed by atoms with E-state index in [0.29, 0.717) is 5.69 Å². The number of rotatable bonds is 3. The quantitative estimate of drug-likeness (QED) is 0.849. The van der Waals surface area contributed by atoms with Crippen LogP contribution in [0.5, 0.6) is 5.75 Å². The number of hydrogen-bond acceptors (Lipinski definition) is 3. The Balaban J connectivity index is 2.55. The minimum absolute atomic E-state index is 0.0769. The number of likely N-dealkylation sites (N-methyl/N-ethyl adjacent to an activating group) is 1. The summed E-state index contributed by atoms with van der Waals surface area (Å²) >= 11 is 0. The van der Waals surface area contributed by atoms with Crippen molar-refractivity contribution in [2.24, 2.45) is 0 Å². The number of carbonyl (C=O) groups is 1. The molecule has 1 heterocycles. The number of methoxy groups -OCH3 is 1. The molecule has 104 valence electrons. The zero-order valence-corrected chi connectivity index (χ0v) is 11.9. The van der Waals surface area contributed by atoms with Crippen molar-refractivity contribution in [1.82, 2.24) is 4.90 Å². The number of nitrogens with two attached hydrogens (primary N) is 1. The fourth-order valence-electron chi connectivity index (χ4n) is 2.91. The van der Waals surface area contributed by atoms with Gasteiger partial charge in [0.1, 0.15) is 5.75 Å². The van der Waals surface area contributed by atoms with Gasteiger partial charge in [-0.3, -0.25) is 4.79 Å². The maximum Gasteiger partial charge on any atom is 0.230 e. The fourth-order valence-corrected chi connectivity index (χ4v) is 2.91. The predicted molar refractivity (Wildman–Crippen MR) is 76.4 cm³/mol. The molecule has 0 radical (unpaired) electrons. The Hall–Kier alpha value is -1.71. The lowest BCUT2D eigenvalue weighted by atomic mass is 9.90. The van der Waals surface area contributed by atoms with Crippen molar-refractivity contribution >= 4 is 11.6 Å². The highest BCUT2D eigenvalue weighted by Crippen LogP contribution is 2.37. The molecule has 1 aromatic rings. The molecule has 1 amide bonds. The van der Waals surface area contributed by atoms with E-state index in [1.807, 2.05) is 30.9 Å². The Morgan fingerprint density at radius 1 is 1.42 bits per heavy atom. The maximum atomic E-state index is 12.5. The van der Waals surface area contributed by atoms with Gasteiger partial charge in [0.25, 0.3) is 0 Å². The first-order chi connectivity index (χ1) is 9.13. The third kappa shape index (κ3) is 2.27. The summed E-state index contributed by atoms with van der Waals surface area (Å²) in [6.07, 6.45) is 1.61. The van der Waals surface area contributed by atoms with E-state index in [-0.39, 0.29) is 11.8 Å². The molecule has 1 atom stereocenters. The van der Waals surface area contributed by atoms with Crippen LogP contribution in [0, 0.1) is 0 Å². The maximum absolute atomic E-state index is 12.5. The molecule has 0 spiro atoms. The van der Waals surface area contributed by atoms with Gasteiger partial charge < -0.3 is 15.4 Å². The van der Waals surface area contributed by atoms with Crippen LogP contribution in [-0.4, -0.2) is 31.0 Å². The van der Waals surface area contributed by atoms with E-state index in [9.17, 15) is 4.79 Å². The van der Waals surface area contributed by atoms with E-state index in [0.717, 1.165) is 42.8 Å². The predicted octanol–water partition coefficient (Wildman–Crippen LogP) is 2.18. The molecule has 19 heavy (non-hydrogen) atoms. The van der Waals surface area contributed by atoms with Crippen molar-refractivity contribution in [3.8, 4) is 5.75 Å². The normalized spacial score (nSPS) is 19.0. The highest BCUT2D eigenvalue weighted by atomic mass is 16.5. The Kier molecular flexibility index (Phi) is 3.98. The van der Waals surface area contributed by atoms with Crippen LogP contribution < -0.4 is 10.5 Å². The summed E-state index contributed by atoms with van der Waals surface area (Å²) in [6, 6.07) is 3.83. The van der Waals surface area contributed by atoms with Crippen LogP contribution in [0.1, 0.15) is 37.3 Å². The lowest BCUT2D eigenvalue weighted by molar-refractivity contribution is -0.132. The van der Waals surface area contributed by atoms with Gasteiger partial charge in [-0.1, -0.05) is 13.0 Å². The van der Waals surface area contributed by atoms with E-state index in [1.54, 1.807) is 7.11 Å². The Bertz CT molecular complexity index is 485. The molecule has 2 rings (SSSR count). The molecular formula is C15H22N2O2. The molecule has 2 N–H and O–H groups in total. The molecule has 0 fully saturated rings. The van der Waals surface area contributed by atoms with Gasteiger partial charge in [0.05, 0.1) is 18.7 Å². The molecule has 0 aromatic heterocycles. The molecule has 0 saturated carbocycles. The molecule has 1 unspecified atom stereocenters. The highest BCUT2D eigenvalue weighted by molar-refractivity contribution is 5.85. The van der Waals surface area contributed by atoms with Crippen molar-refractivity contribution in [1.29, 1.82) is 0 Å². The smallest absolute Gasteiger partial charge is 0.230 e. The van der Waals surface area contributed by atoms with Crippen LogP contribution in [0.15, 0.2) is 12.1 Å². The van der Waals surface area contributed by atoms with Crippen LogP contribution >= 0.6 is 0 Å². The number of fused-ring (bicyclic) bond motifs is 1. The third-order valence-corrected chi connectivity index (χ3v) is 3.94. The van der Waals surface area contributed by atoms with Gasteiger partial charge in [-0.2, -0.15) is 0 Å². The molecule has 4 nitrogen and oxygen atoms in total. The Morgan fingerprint density at radius 2 is 2.16 bits per heavy atom. The summed E-state index contributed by atoms with van der Waals surface area (Å²) in [6.45, 7) is 5.56. The van der Waals surface area contributed by atoms with Crippen LogP contribution in [0.4, 0.5) is 5.69 Å². The Labute approximate surface area is 114 Å². The number of carbonyl (C=O) groups excluding carboxylic acids is 1. The summed E-state index contributed by atoms with van der Waals surface area (Å²) < 4.78 is 5.44. The zero-order chi connectivity index (χ0) is 14.0. The van der Waals surface area contributed by atoms with Crippen molar-refractivity contribution in [2.75, 3.05) is 25.9 Å². The first kappa shape index (κ1) is 13.7. The lowest BCUT2D eigenvalue weighted by Gasteiger charge is -2.22. The minimum atomic E-state index is -0.0769. The molecular weight excluding hydrogens is 240 g/mol. The summed E-state index contributed by atoms with van der Waals surface area (Å²) in [4.78, 5) is 14.4. The van der Waals surface area contributed by atoms with E-state index in [1.165, 1.54) is 0 Å². The number of ether oxygens (including phenoxy) is 1. The molecule has 1 aromatic carbocycles. The van der Waals surface area contributed by atoms with Gasteiger partial charge >= 0.3 is 0 Å². The van der Waals surface area contributed by atoms with Crippen molar-refractivity contribution in [2.45, 2.75) is 32.6 Å². The van der Waals surface area contributed by atoms with E-state index in [4.69, 9.17) is 10.5 Å². The van der Waals surface area contributed by atoms with Crippen molar-refractivity contribution < 1.29 is 9.53 Å². The van der Waals surface area contributed by atoms with E-state index >= 15 is 0 Å². The summed E-state index contributed by atoms with van der Waals surface area (Å²) in [5.41, 5.74) is 8.79. The van der Waals surface area contributed by atoms with Crippen LogP contribution in [0.25, 0.3) is 0 Å². The van der Waals surface area contributed by atoms with Crippen LogP contribution in [0.2, 0.25) is 0 Å². The first-order valence-corrected chi connectivity index (χ1v) is 6.88. The largest absolute Gasteiger partial charge is 0.494 e. The summed E-state index contributed by atoms with van der Waals surface area (Å²) in [5, 5.41) is 0. The van der Waals surface area contributed by atoms with Crippen molar-refractivity contribution in [3.05, 3.63) is 23.3 Å². The SMILES string of the molecule is CCC1C(=O)N(CC)CCc2c1ccc(N)c2OC. The summed E-state index contributed by atoms with van der Waals surface area (Å²) in [5.74, 6) is 0.879. The van der Waals surface area contributed by atoms with E-state index in [2.05, 4.69) is 0 Å². The minimum Gasteiger partial charge on any atom is -0.494 e. The second-order valence-corrected chi connectivity index (χ2v) is 4.88.